The lowest BCUT2D eigenvalue weighted by Gasteiger charge is -2.33. The molecule has 120 valence electrons. The van der Waals surface area contributed by atoms with Crippen molar-refractivity contribution in [3.05, 3.63) is 33.9 Å². The average Bonchev–Trinajstić information content (AvgIpc) is 2.52. The second kappa shape index (κ2) is 7.22. The maximum absolute atomic E-state index is 12.1. The second-order valence-corrected chi connectivity index (χ2v) is 5.61. The van der Waals surface area contributed by atoms with E-state index in [1.807, 2.05) is 17.9 Å². The maximum atomic E-state index is 12.1. The Bertz CT molecular complexity index is 562. The Morgan fingerprint density at radius 1 is 1.55 bits per heavy atom. The highest BCUT2D eigenvalue weighted by Gasteiger charge is 2.29. The molecule has 0 aromatic heterocycles. The second-order valence-electron chi connectivity index (χ2n) is 5.61. The minimum Gasteiger partial charge on any atom is -0.365 e. The number of nitro benzene ring substituents is 1. The molecular weight excluding hydrogens is 284 g/mol. The van der Waals surface area contributed by atoms with Gasteiger partial charge in [0.25, 0.3) is 5.69 Å². The number of nitro groups is 1. The van der Waals surface area contributed by atoms with E-state index in [4.69, 9.17) is 5.73 Å². The third-order valence-electron chi connectivity index (χ3n) is 3.90. The van der Waals surface area contributed by atoms with E-state index < -0.39 is 0 Å². The monoisotopic (exact) mass is 306 g/mol. The third-order valence-corrected chi connectivity index (χ3v) is 3.90. The van der Waals surface area contributed by atoms with Crippen LogP contribution in [0.5, 0.6) is 0 Å². The Kier molecular flexibility index (Phi) is 5.32. The lowest BCUT2D eigenvalue weighted by atomic mass is 9.96. The SMILES string of the molecule is Cc1ccc([N+](=O)[O-])c(N2CCCC(C(=O)NCCN)C2)c1. The van der Waals surface area contributed by atoms with E-state index >= 15 is 0 Å². The Morgan fingerprint density at radius 3 is 3.00 bits per heavy atom. The number of benzene rings is 1. The number of rotatable bonds is 5. The lowest BCUT2D eigenvalue weighted by molar-refractivity contribution is -0.384. The number of hydrogen-bond acceptors (Lipinski definition) is 5. The van der Waals surface area contributed by atoms with Crippen molar-refractivity contribution < 1.29 is 9.72 Å². The minimum atomic E-state index is -0.368. The van der Waals surface area contributed by atoms with Crippen molar-refractivity contribution >= 4 is 17.3 Å². The molecule has 7 heteroatoms. The summed E-state index contributed by atoms with van der Waals surface area (Å²) in [6.45, 7) is 4.00. The van der Waals surface area contributed by atoms with Crippen LogP contribution >= 0.6 is 0 Å². The maximum Gasteiger partial charge on any atom is 0.292 e. The van der Waals surface area contributed by atoms with Gasteiger partial charge in [-0.05, 0) is 31.4 Å². The van der Waals surface area contributed by atoms with Crippen molar-refractivity contribution in [3.8, 4) is 0 Å². The molecule has 1 aromatic rings. The molecule has 1 aliphatic rings. The van der Waals surface area contributed by atoms with Crippen LogP contribution in [0.25, 0.3) is 0 Å². The third kappa shape index (κ3) is 3.73. The summed E-state index contributed by atoms with van der Waals surface area (Å²) in [5, 5.41) is 14.0. The lowest BCUT2D eigenvalue weighted by Crippen LogP contribution is -2.44. The number of piperidine rings is 1. The molecular formula is C15H22N4O3. The fraction of sp³-hybridized carbons (Fsp3) is 0.533. The van der Waals surface area contributed by atoms with Crippen LogP contribution in [0.15, 0.2) is 18.2 Å². The van der Waals surface area contributed by atoms with E-state index in [1.165, 1.54) is 6.07 Å². The van der Waals surface area contributed by atoms with E-state index in [0.29, 0.717) is 25.3 Å². The van der Waals surface area contributed by atoms with Crippen LogP contribution < -0.4 is 16.0 Å². The smallest absolute Gasteiger partial charge is 0.292 e. The molecule has 1 saturated heterocycles. The molecule has 1 unspecified atom stereocenters. The minimum absolute atomic E-state index is 0.0227. The molecule has 7 nitrogen and oxygen atoms in total. The van der Waals surface area contributed by atoms with Gasteiger partial charge in [0.2, 0.25) is 5.91 Å². The molecule has 2 rings (SSSR count). The first-order chi connectivity index (χ1) is 10.5. The predicted octanol–water partition coefficient (Wildman–Crippen LogP) is 1.19. The molecule has 0 radical (unpaired) electrons. The number of nitrogens with two attached hydrogens (primary N) is 1. The number of anilines is 1. The number of hydrogen-bond donors (Lipinski definition) is 2. The van der Waals surface area contributed by atoms with Crippen LogP contribution in [-0.2, 0) is 4.79 Å². The van der Waals surface area contributed by atoms with Crippen LogP contribution in [-0.4, -0.2) is 37.0 Å². The number of carbonyl (C=O) groups excluding carboxylic acids is 1. The van der Waals surface area contributed by atoms with Gasteiger partial charge in [0.15, 0.2) is 0 Å². The number of amides is 1. The van der Waals surface area contributed by atoms with Gasteiger partial charge in [0.05, 0.1) is 10.8 Å². The first-order valence-electron chi connectivity index (χ1n) is 7.50. The largest absolute Gasteiger partial charge is 0.365 e. The quantitative estimate of drug-likeness (QED) is 0.628. The molecule has 3 N–H and O–H groups in total. The predicted molar refractivity (Wildman–Crippen MR) is 84.8 cm³/mol. The van der Waals surface area contributed by atoms with Crippen molar-refractivity contribution in [3.63, 3.8) is 0 Å². The molecule has 0 bridgehead atoms. The van der Waals surface area contributed by atoms with Gasteiger partial charge in [-0.2, -0.15) is 0 Å². The van der Waals surface area contributed by atoms with Crippen molar-refractivity contribution in [2.24, 2.45) is 11.7 Å². The van der Waals surface area contributed by atoms with Crippen molar-refractivity contribution in [2.45, 2.75) is 19.8 Å². The van der Waals surface area contributed by atoms with Crippen LogP contribution in [0.4, 0.5) is 11.4 Å². The molecule has 0 aliphatic carbocycles. The van der Waals surface area contributed by atoms with Crippen LogP contribution in [0.3, 0.4) is 0 Å². The highest BCUT2D eigenvalue weighted by Crippen LogP contribution is 2.32. The van der Waals surface area contributed by atoms with Gasteiger partial charge in [-0.3, -0.25) is 14.9 Å². The van der Waals surface area contributed by atoms with Crippen LogP contribution in [0.1, 0.15) is 18.4 Å². The molecule has 0 saturated carbocycles. The first kappa shape index (κ1) is 16.2. The zero-order chi connectivity index (χ0) is 16.1. The summed E-state index contributed by atoms with van der Waals surface area (Å²) in [4.78, 5) is 24.9. The van der Waals surface area contributed by atoms with E-state index in [0.717, 1.165) is 24.9 Å². The van der Waals surface area contributed by atoms with Gasteiger partial charge < -0.3 is 16.0 Å². The molecule has 22 heavy (non-hydrogen) atoms. The van der Waals surface area contributed by atoms with Gasteiger partial charge in [-0.25, -0.2) is 0 Å². The first-order valence-corrected chi connectivity index (χ1v) is 7.50. The zero-order valence-electron chi connectivity index (χ0n) is 12.7. The number of nitrogens with zero attached hydrogens (tertiary/aromatic N) is 2. The highest BCUT2D eigenvalue weighted by molar-refractivity contribution is 5.80. The Balaban J connectivity index is 2.17. The van der Waals surface area contributed by atoms with Crippen LogP contribution in [0, 0.1) is 23.0 Å². The normalized spacial score (nSPS) is 18.1. The van der Waals surface area contributed by atoms with Gasteiger partial charge in [-0.15, -0.1) is 0 Å². The Labute approximate surface area is 129 Å². The number of nitrogens with one attached hydrogen (secondary N) is 1. The van der Waals surface area contributed by atoms with Crippen molar-refractivity contribution in [1.29, 1.82) is 0 Å². The summed E-state index contributed by atoms with van der Waals surface area (Å²) < 4.78 is 0. The van der Waals surface area contributed by atoms with E-state index in [-0.39, 0.29) is 22.4 Å². The summed E-state index contributed by atoms with van der Waals surface area (Å²) in [5.74, 6) is -0.175. The molecule has 1 amide bonds. The van der Waals surface area contributed by atoms with Gasteiger partial charge in [-0.1, -0.05) is 6.07 Å². The number of aryl methyl sites for hydroxylation is 1. The fourth-order valence-corrected chi connectivity index (χ4v) is 2.79. The van der Waals surface area contributed by atoms with Crippen molar-refractivity contribution in [1.82, 2.24) is 5.32 Å². The molecule has 1 fully saturated rings. The fourth-order valence-electron chi connectivity index (χ4n) is 2.79. The topological polar surface area (TPSA) is 102 Å². The van der Waals surface area contributed by atoms with Gasteiger partial charge in [0, 0.05) is 32.2 Å². The molecule has 1 heterocycles. The van der Waals surface area contributed by atoms with E-state index in [2.05, 4.69) is 5.32 Å². The van der Waals surface area contributed by atoms with E-state index in [1.54, 1.807) is 6.07 Å². The Hall–Kier alpha value is -2.15. The molecule has 1 atom stereocenters. The summed E-state index contributed by atoms with van der Waals surface area (Å²) >= 11 is 0. The summed E-state index contributed by atoms with van der Waals surface area (Å²) in [7, 11) is 0. The van der Waals surface area contributed by atoms with E-state index in [9.17, 15) is 14.9 Å². The average molecular weight is 306 g/mol. The zero-order valence-corrected chi connectivity index (χ0v) is 12.7. The highest BCUT2D eigenvalue weighted by atomic mass is 16.6. The molecule has 1 aromatic carbocycles. The molecule has 1 aliphatic heterocycles. The van der Waals surface area contributed by atoms with Gasteiger partial charge in [0.1, 0.15) is 5.69 Å². The van der Waals surface area contributed by atoms with Gasteiger partial charge >= 0.3 is 0 Å². The van der Waals surface area contributed by atoms with Crippen LogP contribution in [0.2, 0.25) is 0 Å². The number of carbonyl (C=O) groups is 1. The summed E-state index contributed by atoms with van der Waals surface area (Å²) in [6.07, 6.45) is 1.64. The Morgan fingerprint density at radius 2 is 2.32 bits per heavy atom. The standard InChI is InChI=1S/C15H22N4O3/c1-11-4-5-13(19(21)22)14(9-11)18-8-2-3-12(10-18)15(20)17-7-6-16/h4-5,9,12H,2-3,6-8,10,16H2,1H3,(H,17,20). The summed E-state index contributed by atoms with van der Waals surface area (Å²) in [6, 6.07) is 5.08. The molecule has 0 spiro atoms. The summed E-state index contributed by atoms with van der Waals surface area (Å²) in [5.41, 5.74) is 7.05. The van der Waals surface area contributed by atoms with Crippen molar-refractivity contribution in [2.75, 3.05) is 31.1 Å².